The molecular weight excluding hydrogens is 224 g/mol. The summed E-state index contributed by atoms with van der Waals surface area (Å²) in [7, 11) is 4.09. The van der Waals surface area contributed by atoms with Crippen LogP contribution in [0.5, 0.6) is 0 Å². The Morgan fingerprint density at radius 1 is 1.17 bits per heavy atom. The number of benzene rings is 1. The molecule has 0 aliphatic carbocycles. The molecule has 3 nitrogen and oxygen atoms in total. The van der Waals surface area contributed by atoms with E-state index in [1.54, 1.807) is 0 Å². The molecule has 1 rings (SSSR count). The Kier molecular flexibility index (Phi) is 5.63. The predicted octanol–water partition coefficient (Wildman–Crippen LogP) is 2.25. The molecule has 18 heavy (non-hydrogen) atoms. The van der Waals surface area contributed by atoms with Crippen LogP contribution in [-0.4, -0.2) is 32.4 Å². The normalized spacial score (nSPS) is 11.6. The second kappa shape index (κ2) is 6.76. The van der Waals surface area contributed by atoms with E-state index in [4.69, 9.17) is 5.11 Å². The lowest BCUT2D eigenvalue weighted by Gasteiger charge is -2.24. The smallest absolute Gasteiger partial charge is 0.0436 e. The number of rotatable bonds is 7. The largest absolute Gasteiger partial charge is 0.396 e. The first kappa shape index (κ1) is 15.0. The predicted molar refractivity (Wildman–Crippen MR) is 78.0 cm³/mol. The van der Waals surface area contributed by atoms with Gasteiger partial charge in [0.15, 0.2) is 0 Å². The topological polar surface area (TPSA) is 35.5 Å². The lowest BCUT2D eigenvalue weighted by atomic mass is 9.90. The summed E-state index contributed by atoms with van der Waals surface area (Å²) in [6.07, 6.45) is 0.833. The molecule has 0 spiro atoms. The number of hydrogen-bond donors (Lipinski definition) is 2. The van der Waals surface area contributed by atoms with Crippen LogP contribution in [-0.2, 0) is 6.54 Å². The average Bonchev–Trinajstić information content (AvgIpc) is 2.29. The van der Waals surface area contributed by atoms with E-state index >= 15 is 0 Å². The van der Waals surface area contributed by atoms with E-state index in [-0.39, 0.29) is 12.0 Å². The molecule has 0 aliphatic rings. The maximum Gasteiger partial charge on any atom is 0.0436 e. The van der Waals surface area contributed by atoms with Gasteiger partial charge in [0, 0.05) is 39.5 Å². The number of hydrogen-bond acceptors (Lipinski definition) is 3. The van der Waals surface area contributed by atoms with Crippen LogP contribution < -0.4 is 10.2 Å². The van der Waals surface area contributed by atoms with Gasteiger partial charge in [-0.1, -0.05) is 26.0 Å². The van der Waals surface area contributed by atoms with Crippen molar-refractivity contribution in [2.75, 3.05) is 32.1 Å². The van der Waals surface area contributed by atoms with Crippen LogP contribution in [0.3, 0.4) is 0 Å². The summed E-state index contributed by atoms with van der Waals surface area (Å²) in [5, 5.41) is 12.4. The van der Waals surface area contributed by atoms with Gasteiger partial charge < -0.3 is 15.3 Å². The van der Waals surface area contributed by atoms with E-state index in [0.717, 1.165) is 19.5 Å². The fourth-order valence-electron chi connectivity index (χ4n) is 1.85. The summed E-state index contributed by atoms with van der Waals surface area (Å²) in [5.41, 5.74) is 2.66. The molecule has 0 aromatic heterocycles. The molecule has 0 bridgehead atoms. The maximum atomic E-state index is 8.97. The zero-order valence-corrected chi connectivity index (χ0v) is 12.0. The third-order valence-corrected chi connectivity index (χ3v) is 3.17. The van der Waals surface area contributed by atoms with Crippen LogP contribution in [0.2, 0.25) is 0 Å². The first-order valence-electron chi connectivity index (χ1n) is 6.52. The van der Waals surface area contributed by atoms with Crippen molar-refractivity contribution in [1.29, 1.82) is 0 Å². The highest BCUT2D eigenvalue weighted by molar-refractivity contribution is 5.45. The van der Waals surface area contributed by atoms with E-state index in [1.807, 2.05) is 14.1 Å². The lowest BCUT2D eigenvalue weighted by molar-refractivity contribution is 0.207. The minimum absolute atomic E-state index is 0.151. The molecule has 1 aromatic carbocycles. The molecule has 0 saturated carbocycles. The van der Waals surface area contributed by atoms with E-state index in [0.29, 0.717) is 0 Å². The van der Waals surface area contributed by atoms with Crippen molar-refractivity contribution in [1.82, 2.24) is 5.32 Å². The second-order valence-electron chi connectivity index (χ2n) is 5.80. The van der Waals surface area contributed by atoms with Gasteiger partial charge in [-0.15, -0.1) is 0 Å². The quantitative estimate of drug-likeness (QED) is 0.779. The molecule has 0 fully saturated rings. The average molecular weight is 250 g/mol. The fraction of sp³-hybridized carbons (Fsp3) is 0.600. The summed E-state index contributed by atoms with van der Waals surface area (Å²) in [6.45, 7) is 6.40. The molecule has 0 aliphatic heterocycles. The summed E-state index contributed by atoms with van der Waals surface area (Å²) < 4.78 is 0. The highest BCUT2D eigenvalue weighted by atomic mass is 16.3. The van der Waals surface area contributed by atoms with Crippen LogP contribution in [0.15, 0.2) is 24.3 Å². The van der Waals surface area contributed by atoms with Crippen molar-refractivity contribution in [2.24, 2.45) is 5.41 Å². The molecule has 1 aromatic rings. The Morgan fingerprint density at radius 3 is 2.28 bits per heavy atom. The zero-order valence-electron chi connectivity index (χ0n) is 12.0. The highest BCUT2D eigenvalue weighted by Gasteiger charge is 2.16. The van der Waals surface area contributed by atoms with Crippen LogP contribution >= 0.6 is 0 Å². The zero-order chi connectivity index (χ0) is 13.6. The SMILES string of the molecule is CN(C)c1ccc(CNCC(C)(C)CCO)cc1. The van der Waals surface area contributed by atoms with Gasteiger partial charge in [0.1, 0.15) is 0 Å². The van der Waals surface area contributed by atoms with Gasteiger partial charge in [0.05, 0.1) is 0 Å². The van der Waals surface area contributed by atoms with Crippen LogP contribution in [0.4, 0.5) is 5.69 Å². The molecule has 2 N–H and O–H groups in total. The monoisotopic (exact) mass is 250 g/mol. The summed E-state index contributed by atoms with van der Waals surface area (Å²) in [4.78, 5) is 2.10. The molecule has 102 valence electrons. The van der Waals surface area contributed by atoms with Gasteiger partial charge in [-0.25, -0.2) is 0 Å². The van der Waals surface area contributed by atoms with Gasteiger partial charge in [0.25, 0.3) is 0 Å². The van der Waals surface area contributed by atoms with Crippen LogP contribution in [0.1, 0.15) is 25.8 Å². The molecule has 0 heterocycles. The number of aliphatic hydroxyl groups excluding tert-OH is 1. The van der Waals surface area contributed by atoms with Crippen molar-refractivity contribution >= 4 is 5.69 Å². The maximum absolute atomic E-state index is 8.97. The summed E-state index contributed by atoms with van der Waals surface area (Å²) in [5.74, 6) is 0. The molecule has 0 saturated heterocycles. The third kappa shape index (κ3) is 5.07. The molecule has 0 amide bonds. The van der Waals surface area contributed by atoms with E-state index in [9.17, 15) is 0 Å². The Hall–Kier alpha value is -1.06. The molecule has 0 radical (unpaired) electrons. The number of anilines is 1. The van der Waals surface area contributed by atoms with Crippen molar-refractivity contribution in [2.45, 2.75) is 26.8 Å². The number of nitrogens with one attached hydrogen (secondary N) is 1. The van der Waals surface area contributed by atoms with Crippen LogP contribution in [0.25, 0.3) is 0 Å². The van der Waals surface area contributed by atoms with E-state index in [2.05, 4.69) is 48.3 Å². The Morgan fingerprint density at radius 2 is 1.78 bits per heavy atom. The van der Waals surface area contributed by atoms with Gasteiger partial charge in [-0.3, -0.25) is 0 Å². The molecular formula is C15H26N2O. The van der Waals surface area contributed by atoms with Gasteiger partial charge in [0.2, 0.25) is 0 Å². The minimum atomic E-state index is 0.151. The van der Waals surface area contributed by atoms with Crippen molar-refractivity contribution in [3.8, 4) is 0 Å². The van der Waals surface area contributed by atoms with Crippen molar-refractivity contribution in [3.05, 3.63) is 29.8 Å². The lowest BCUT2D eigenvalue weighted by Crippen LogP contribution is -2.29. The number of aliphatic hydroxyl groups is 1. The summed E-state index contributed by atoms with van der Waals surface area (Å²) in [6, 6.07) is 8.58. The number of nitrogens with zero attached hydrogens (tertiary/aromatic N) is 1. The second-order valence-corrected chi connectivity index (χ2v) is 5.80. The molecule has 3 heteroatoms. The fourth-order valence-corrected chi connectivity index (χ4v) is 1.85. The third-order valence-electron chi connectivity index (χ3n) is 3.17. The van der Waals surface area contributed by atoms with Gasteiger partial charge in [-0.05, 0) is 29.5 Å². The first-order valence-corrected chi connectivity index (χ1v) is 6.52. The summed E-state index contributed by atoms with van der Waals surface area (Å²) >= 11 is 0. The van der Waals surface area contributed by atoms with Gasteiger partial charge >= 0.3 is 0 Å². The Bertz CT molecular complexity index is 344. The highest BCUT2D eigenvalue weighted by Crippen LogP contribution is 2.18. The van der Waals surface area contributed by atoms with Crippen molar-refractivity contribution < 1.29 is 5.11 Å². The van der Waals surface area contributed by atoms with Crippen LogP contribution in [0, 0.1) is 5.41 Å². The Labute approximate surface area is 111 Å². The van der Waals surface area contributed by atoms with Gasteiger partial charge in [-0.2, -0.15) is 0 Å². The van der Waals surface area contributed by atoms with Crippen molar-refractivity contribution in [3.63, 3.8) is 0 Å². The molecule has 0 atom stereocenters. The first-order chi connectivity index (χ1) is 8.44. The Balaban J connectivity index is 2.40. The van der Waals surface area contributed by atoms with E-state index < -0.39 is 0 Å². The minimum Gasteiger partial charge on any atom is -0.396 e. The standard InChI is InChI=1S/C15H26N2O/c1-15(2,9-10-18)12-16-11-13-5-7-14(8-6-13)17(3)4/h5-8,16,18H,9-12H2,1-4H3. The van der Waals surface area contributed by atoms with E-state index in [1.165, 1.54) is 11.3 Å². The molecule has 0 unspecified atom stereocenters.